The van der Waals surface area contributed by atoms with Crippen LogP contribution in [-0.4, -0.2) is 77.9 Å². The minimum atomic E-state index is -5.03. The van der Waals surface area contributed by atoms with Crippen molar-refractivity contribution in [2.24, 2.45) is 5.41 Å². The Labute approximate surface area is 250 Å². The number of anilines is 2. The van der Waals surface area contributed by atoms with Gasteiger partial charge in [0.2, 0.25) is 5.88 Å². The van der Waals surface area contributed by atoms with Crippen molar-refractivity contribution in [2.75, 3.05) is 44.4 Å². The van der Waals surface area contributed by atoms with Gasteiger partial charge in [0.15, 0.2) is 5.82 Å². The second-order valence-electron chi connectivity index (χ2n) is 13.0. The topological polar surface area (TPSA) is 102 Å². The van der Waals surface area contributed by atoms with Gasteiger partial charge in [0, 0.05) is 36.2 Å². The predicted molar refractivity (Wildman–Crippen MR) is 154 cm³/mol. The van der Waals surface area contributed by atoms with Crippen molar-refractivity contribution in [1.82, 2.24) is 25.2 Å². The fraction of sp³-hybridized carbons (Fsp3) is 0.567. The van der Waals surface area contributed by atoms with Crippen LogP contribution in [0.4, 0.5) is 33.5 Å². The monoisotopic (exact) mass is 619 g/mol. The molecule has 5 heterocycles. The molecule has 9 nitrogen and oxygen atoms in total. The molecule has 1 saturated carbocycles. The van der Waals surface area contributed by atoms with Crippen LogP contribution in [0, 0.1) is 24.0 Å². The number of nitrogens with zero attached hydrogens (tertiary/aromatic N) is 5. The highest BCUT2D eigenvalue weighted by atomic mass is 19.4. The molecule has 3 aromatic rings. The van der Waals surface area contributed by atoms with E-state index in [-0.39, 0.29) is 46.3 Å². The molecule has 1 aliphatic carbocycles. The van der Waals surface area contributed by atoms with Crippen LogP contribution >= 0.6 is 0 Å². The zero-order chi connectivity index (χ0) is 31.3. The minimum absolute atomic E-state index is 0.0583. The average molecular weight is 620 g/mol. The number of benzene rings is 1. The van der Waals surface area contributed by atoms with Gasteiger partial charge >= 0.3 is 12.2 Å². The van der Waals surface area contributed by atoms with Crippen LogP contribution < -0.4 is 25.4 Å². The maximum absolute atomic E-state index is 16.7. The fourth-order valence-corrected chi connectivity index (χ4v) is 7.32. The van der Waals surface area contributed by atoms with Gasteiger partial charge in [0.05, 0.1) is 23.9 Å². The van der Waals surface area contributed by atoms with Crippen molar-refractivity contribution >= 4 is 22.4 Å². The second kappa shape index (κ2) is 9.99. The molecule has 0 spiro atoms. The predicted octanol–water partition coefficient (Wildman–Crippen LogP) is 4.69. The van der Waals surface area contributed by atoms with Crippen molar-refractivity contribution < 1.29 is 31.4 Å². The molecule has 2 bridgehead atoms. The van der Waals surface area contributed by atoms with Gasteiger partial charge in [-0.3, -0.25) is 0 Å². The van der Waals surface area contributed by atoms with Crippen LogP contribution in [-0.2, 0) is 6.18 Å². The van der Waals surface area contributed by atoms with Crippen molar-refractivity contribution in [3.8, 4) is 23.1 Å². The molecule has 4 atom stereocenters. The third-order valence-corrected chi connectivity index (χ3v) is 9.41. The molecule has 3 aliphatic heterocycles. The number of hydrogen-bond acceptors (Lipinski definition) is 9. The highest BCUT2D eigenvalue weighted by molar-refractivity contribution is 5.97. The van der Waals surface area contributed by atoms with E-state index < -0.39 is 52.0 Å². The summed E-state index contributed by atoms with van der Waals surface area (Å²) in [7, 11) is 3.95. The molecule has 236 valence electrons. The molecule has 14 heteroatoms. The van der Waals surface area contributed by atoms with E-state index in [1.54, 1.807) is 0 Å². The van der Waals surface area contributed by atoms with Crippen molar-refractivity contribution in [3.63, 3.8) is 0 Å². The Morgan fingerprint density at radius 3 is 2.59 bits per heavy atom. The van der Waals surface area contributed by atoms with E-state index >= 15 is 4.39 Å². The molecule has 1 aromatic carbocycles. The Bertz CT molecular complexity index is 1660. The minimum Gasteiger partial charge on any atom is -0.472 e. The van der Waals surface area contributed by atoms with Gasteiger partial charge in [-0.15, -0.1) is 0 Å². The number of halogens is 5. The van der Waals surface area contributed by atoms with Gasteiger partial charge in [0.25, 0.3) is 0 Å². The van der Waals surface area contributed by atoms with E-state index in [2.05, 4.69) is 25.1 Å². The summed E-state index contributed by atoms with van der Waals surface area (Å²) in [6, 6.07) is 0.718. The van der Waals surface area contributed by atoms with Gasteiger partial charge in [-0.2, -0.15) is 23.1 Å². The number of aromatic nitrogens is 3. The van der Waals surface area contributed by atoms with Crippen molar-refractivity contribution in [2.45, 2.75) is 69.9 Å². The average Bonchev–Trinajstić information content (AvgIpc) is 3.63. The Morgan fingerprint density at radius 1 is 1.16 bits per heavy atom. The number of rotatable bonds is 6. The standard InChI is InChI=1S/C30H34F5N7O2/c1-13-20(30(33,34)35)16(9-17(36)21(13)31)23-22(32)24-19-26(40-28(39-24)43-12-29(7-8-29)11-41(3)4)42-10-15-5-6-18(37-15)25(42)14(2)44-27(19)38-23/h9,14-15,18,25,37H,5-8,10-12,36H2,1-4H3/t14-,15+,18-,25+/m0/s1. The van der Waals surface area contributed by atoms with E-state index in [1.807, 2.05) is 21.0 Å². The first-order valence-corrected chi connectivity index (χ1v) is 14.8. The van der Waals surface area contributed by atoms with Gasteiger partial charge in [-0.05, 0) is 65.3 Å². The number of piperazine rings is 1. The lowest BCUT2D eigenvalue weighted by molar-refractivity contribution is -0.137. The highest BCUT2D eigenvalue weighted by Gasteiger charge is 2.48. The molecule has 0 amide bonds. The normalized spacial score (nSPS) is 25.2. The van der Waals surface area contributed by atoms with E-state index in [0.717, 1.165) is 45.2 Å². The molecule has 4 aliphatic rings. The van der Waals surface area contributed by atoms with E-state index in [0.29, 0.717) is 19.0 Å². The van der Waals surface area contributed by atoms with Crippen molar-refractivity contribution in [1.29, 1.82) is 0 Å². The molecular weight excluding hydrogens is 585 g/mol. The summed E-state index contributed by atoms with van der Waals surface area (Å²) in [5.74, 6) is -2.09. The Kier molecular flexibility index (Phi) is 6.63. The highest BCUT2D eigenvalue weighted by Crippen LogP contribution is 2.49. The molecule has 0 unspecified atom stereocenters. The summed E-state index contributed by atoms with van der Waals surface area (Å²) in [5, 5.41) is 3.77. The lowest BCUT2D eigenvalue weighted by Gasteiger charge is -2.42. The number of hydrogen-bond donors (Lipinski definition) is 2. The maximum atomic E-state index is 16.7. The smallest absolute Gasteiger partial charge is 0.417 e. The molecule has 0 radical (unpaired) electrons. The molecule has 44 heavy (non-hydrogen) atoms. The molecule has 7 rings (SSSR count). The number of pyridine rings is 1. The fourth-order valence-electron chi connectivity index (χ4n) is 7.32. The number of alkyl halides is 3. The summed E-state index contributed by atoms with van der Waals surface area (Å²) < 4.78 is 86.8. The summed E-state index contributed by atoms with van der Waals surface area (Å²) in [6.45, 7) is 4.47. The number of ether oxygens (including phenoxy) is 2. The van der Waals surface area contributed by atoms with E-state index in [1.165, 1.54) is 0 Å². The van der Waals surface area contributed by atoms with Crippen molar-refractivity contribution in [3.05, 3.63) is 28.8 Å². The molecule has 3 N–H and O–H groups in total. The van der Waals surface area contributed by atoms with E-state index in [9.17, 15) is 17.6 Å². The van der Waals surface area contributed by atoms with Gasteiger partial charge in [0.1, 0.15) is 34.3 Å². The second-order valence-corrected chi connectivity index (χ2v) is 13.0. The molecule has 2 aromatic heterocycles. The molecule has 2 saturated heterocycles. The summed E-state index contributed by atoms with van der Waals surface area (Å²) in [6.07, 6.45) is -1.75. The van der Waals surface area contributed by atoms with E-state index in [4.69, 9.17) is 20.2 Å². The summed E-state index contributed by atoms with van der Waals surface area (Å²) in [4.78, 5) is 17.7. The maximum Gasteiger partial charge on any atom is 0.417 e. The zero-order valence-electron chi connectivity index (χ0n) is 24.9. The largest absolute Gasteiger partial charge is 0.472 e. The number of fused-ring (bicyclic) bond motifs is 5. The van der Waals surface area contributed by atoms with Gasteiger partial charge in [-0.1, -0.05) is 0 Å². The van der Waals surface area contributed by atoms with Crippen LogP contribution in [0.5, 0.6) is 11.9 Å². The summed E-state index contributed by atoms with van der Waals surface area (Å²) >= 11 is 0. The quantitative estimate of drug-likeness (QED) is 0.301. The van der Waals surface area contributed by atoms with Crippen LogP contribution in [0.15, 0.2) is 6.07 Å². The van der Waals surface area contributed by atoms with Crippen LogP contribution in [0.1, 0.15) is 43.7 Å². The summed E-state index contributed by atoms with van der Waals surface area (Å²) in [5.41, 5.74) is 1.32. The SMILES string of the molecule is Cc1c(F)c(N)cc(-c2nc3c4c(nc(OCC5(CN(C)C)CC5)nc4c2F)N2C[C@H]4CC[C@H](N4)[C@H]2[C@H](C)O3)c1C(F)(F)F. The Balaban J connectivity index is 1.45. The first kappa shape index (κ1) is 29.2. The number of nitrogen functional groups attached to an aromatic ring is 1. The lowest BCUT2D eigenvalue weighted by atomic mass is 9.96. The molecule has 3 fully saturated rings. The lowest BCUT2D eigenvalue weighted by Crippen LogP contribution is -2.62. The zero-order valence-corrected chi connectivity index (χ0v) is 24.9. The Morgan fingerprint density at radius 2 is 1.91 bits per heavy atom. The van der Waals surface area contributed by atoms with Crippen LogP contribution in [0.2, 0.25) is 0 Å². The van der Waals surface area contributed by atoms with Gasteiger partial charge < -0.3 is 30.3 Å². The third-order valence-electron chi connectivity index (χ3n) is 9.41. The third kappa shape index (κ3) is 4.68. The first-order chi connectivity index (χ1) is 20.8. The van der Waals surface area contributed by atoms with Crippen LogP contribution in [0.25, 0.3) is 22.2 Å². The Hall–Kier alpha value is -3.52. The molecular formula is C30H34F5N7O2. The number of nitrogens with one attached hydrogen (secondary N) is 1. The number of nitrogens with two attached hydrogens (primary N) is 1. The first-order valence-electron chi connectivity index (χ1n) is 14.8. The van der Waals surface area contributed by atoms with Crippen LogP contribution in [0.3, 0.4) is 0 Å². The van der Waals surface area contributed by atoms with Gasteiger partial charge in [-0.25, -0.2) is 13.8 Å².